The van der Waals surface area contributed by atoms with Crippen LogP contribution in [0.2, 0.25) is 5.02 Å². The van der Waals surface area contributed by atoms with Gasteiger partial charge in [0, 0.05) is 11.1 Å². The molecule has 4 nitrogen and oxygen atoms in total. The summed E-state index contributed by atoms with van der Waals surface area (Å²) in [7, 11) is 1.59. The van der Waals surface area contributed by atoms with Crippen molar-refractivity contribution in [3.05, 3.63) is 58.6 Å². The minimum Gasteiger partial charge on any atom is -0.497 e. The zero-order chi connectivity index (χ0) is 19.2. The lowest BCUT2D eigenvalue weighted by Crippen LogP contribution is -2.32. The van der Waals surface area contributed by atoms with Crippen LogP contribution in [0.15, 0.2) is 47.5 Å². The fourth-order valence-corrected chi connectivity index (χ4v) is 3.40. The van der Waals surface area contributed by atoms with Gasteiger partial charge in [-0.3, -0.25) is 4.99 Å². The molecule has 0 aromatic heterocycles. The number of methoxy groups -OCH3 is 1. The molecular weight excluding hydrogens is 367 g/mol. The van der Waals surface area contributed by atoms with Crippen molar-refractivity contribution in [3.63, 3.8) is 0 Å². The Kier molecular flexibility index (Phi) is 6.56. The molecule has 0 fully saturated rings. The van der Waals surface area contributed by atoms with Crippen LogP contribution in [0.4, 0.5) is 4.39 Å². The van der Waals surface area contributed by atoms with Gasteiger partial charge in [-0.1, -0.05) is 37.1 Å². The maximum Gasteiger partial charge on any atom is 0.134 e. The fourth-order valence-electron chi connectivity index (χ4n) is 3.27. The van der Waals surface area contributed by atoms with Gasteiger partial charge >= 0.3 is 0 Å². The van der Waals surface area contributed by atoms with Crippen LogP contribution in [0.1, 0.15) is 36.9 Å². The minimum atomic E-state index is -0.553. The second-order valence-electron chi connectivity index (χ2n) is 6.41. The summed E-state index contributed by atoms with van der Waals surface area (Å²) in [5.74, 6) is 1.97. The lowest BCUT2D eigenvalue weighted by molar-refractivity contribution is 0.271. The number of hydrogen-bond acceptors (Lipinski definition) is 4. The Morgan fingerprint density at radius 2 is 1.96 bits per heavy atom. The summed E-state index contributed by atoms with van der Waals surface area (Å²) in [5.41, 5.74) is 1.92. The largest absolute Gasteiger partial charge is 0.497 e. The first-order valence-corrected chi connectivity index (χ1v) is 9.51. The van der Waals surface area contributed by atoms with Crippen molar-refractivity contribution in [2.24, 2.45) is 4.99 Å². The number of nitrogens with one attached hydrogen (secondary N) is 1. The summed E-state index contributed by atoms with van der Waals surface area (Å²) in [5, 5.41) is 4.23. The van der Waals surface area contributed by atoms with Crippen molar-refractivity contribution in [1.82, 2.24) is 5.32 Å². The van der Waals surface area contributed by atoms with E-state index in [9.17, 15) is 4.39 Å². The average molecular weight is 391 g/mol. The topological polar surface area (TPSA) is 42.8 Å². The molecule has 2 aromatic carbocycles. The van der Waals surface area contributed by atoms with Crippen molar-refractivity contribution in [3.8, 4) is 11.5 Å². The zero-order valence-corrected chi connectivity index (χ0v) is 16.3. The monoisotopic (exact) mass is 390 g/mol. The zero-order valence-electron chi connectivity index (χ0n) is 15.5. The molecule has 1 aliphatic heterocycles. The summed E-state index contributed by atoms with van der Waals surface area (Å²) in [4.78, 5) is 4.93. The Balaban J connectivity index is 1.95. The number of nitrogens with zero attached hydrogens (tertiary/aromatic N) is 1. The Bertz CT molecular complexity index is 795. The molecule has 2 unspecified atom stereocenters. The molecule has 1 heterocycles. The summed E-state index contributed by atoms with van der Waals surface area (Å²) in [6.07, 6.45) is 2.02. The first kappa shape index (κ1) is 19.5. The smallest absolute Gasteiger partial charge is 0.134 e. The summed E-state index contributed by atoms with van der Waals surface area (Å²) in [6.45, 7) is 1.59. The number of rotatable bonds is 8. The van der Waals surface area contributed by atoms with Gasteiger partial charge in [0.15, 0.2) is 0 Å². The molecular formula is C21H24ClFN2O2. The Hall–Kier alpha value is -2.27. The number of benzene rings is 2. The second kappa shape index (κ2) is 9.09. The molecule has 0 amide bonds. The molecule has 1 N–H and O–H groups in total. The molecule has 1 aliphatic rings. The van der Waals surface area contributed by atoms with Gasteiger partial charge in [0.25, 0.3) is 0 Å². The molecule has 0 saturated carbocycles. The van der Waals surface area contributed by atoms with Gasteiger partial charge < -0.3 is 14.8 Å². The number of ether oxygens (including phenoxy) is 2. The van der Waals surface area contributed by atoms with Gasteiger partial charge in [0.2, 0.25) is 0 Å². The van der Waals surface area contributed by atoms with E-state index in [2.05, 4.69) is 12.2 Å². The van der Waals surface area contributed by atoms with Crippen molar-refractivity contribution < 1.29 is 13.9 Å². The van der Waals surface area contributed by atoms with Gasteiger partial charge in [0.1, 0.15) is 30.6 Å². The molecule has 2 atom stereocenters. The van der Waals surface area contributed by atoms with Crippen molar-refractivity contribution in [2.75, 3.05) is 20.4 Å². The van der Waals surface area contributed by atoms with Crippen molar-refractivity contribution in [1.29, 1.82) is 0 Å². The predicted octanol–water partition coefficient (Wildman–Crippen LogP) is 4.96. The summed E-state index contributed by atoms with van der Waals surface area (Å²) >= 11 is 6.03. The molecule has 0 radical (unpaired) electrons. The molecule has 144 valence electrons. The number of alkyl halides is 1. The van der Waals surface area contributed by atoms with E-state index < -0.39 is 6.67 Å². The fraction of sp³-hybridized carbons (Fsp3) is 0.381. The molecule has 27 heavy (non-hydrogen) atoms. The van der Waals surface area contributed by atoms with Crippen LogP contribution < -0.4 is 14.8 Å². The Morgan fingerprint density at radius 1 is 1.19 bits per heavy atom. The van der Waals surface area contributed by atoms with Crippen LogP contribution in [0.3, 0.4) is 0 Å². The van der Waals surface area contributed by atoms with E-state index in [4.69, 9.17) is 26.1 Å². The van der Waals surface area contributed by atoms with Gasteiger partial charge in [0.05, 0.1) is 24.8 Å². The number of hydrogen-bond donors (Lipinski definition) is 1. The molecule has 6 heteroatoms. The van der Waals surface area contributed by atoms with E-state index in [0.29, 0.717) is 16.5 Å². The normalized spacial score (nSPS) is 18.7. The lowest BCUT2D eigenvalue weighted by atomic mass is 9.98. The number of amidine groups is 1. The highest BCUT2D eigenvalue weighted by molar-refractivity contribution is 6.30. The number of aliphatic imine (C=N–C) groups is 1. The lowest BCUT2D eigenvalue weighted by Gasteiger charge is -2.19. The van der Waals surface area contributed by atoms with Crippen LogP contribution >= 0.6 is 11.6 Å². The first-order chi connectivity index (χ1) is 13.2. The third-order valence-electron chi connectivity index (χ3n) is 4.56. The molecule has 0 spiro atoms. The molecule has 0 bridgehead atoms. The highest BCUT2D eigenvalue weighted by Crippen LogP contribution is 2.33. The maximum atomic E-state index is 12.6. The van der Waals surface area contributed by atoms with Crippen LogP contribution in [0.25, 0.3) is 0 Å². The first-order valence-electron chi connectivity index (χ1n) is 9.13. The Labute approximate surface area is 164 Å². The molecule has 0 aliphatic carbocycles. The summed E-state index contributed by atoms with van der Waals surface area (Å²) in [6, 6.07) is 13.5. The van der Waals surface area contributed by atoms with Crippen LogP contribution in [0.5, 0.6) is 11.5 Å². The third-order valence-corrected chi connectivity index (χ3v) is 4.81. The van der Waals surface area contributed by atoms with E-state index in [1.807, 2.05) is 36.4 Å². The quantitative estimate of drug-likeness (QED) is 0.693. The highest BCUT2D eigenvalue weighted by atomic mass is 35.5. The van der Waals surface area contributed by atoms with Crippen LogP contribution in [-0.4, -0.2) is 32.3 Å². The van der Waals surface area contributed by atoms with Gasteiger partial charge in [-0.25, -0.2) is 4.39 Å². The van der Waals surface area contributed by atoms with Gasteiger partial charge in [-0.05, 0) is 36.2 Å². The minimum absolute atomic E-state index is 0.00616. The predicted molar refractivity (Wildman–Crippen MR) is 107 cm³/mol. The standard InChI is InChI=1S/C21H24ClFN2O2/c1-3-4-18-20(14-5-7-15(22)8-6-14)25-21(24-18)17-10-9-16(26-2)13-19(17)27-12-11-23/h5-10,13,18,20H,3-4,11-12H2,1-2H3,(H,24,25). The van der Waals surface area contributed by atoms with Crippen molar-refractivity contribution >= 4 is 17.4 Å². The van der Waals surface area contributed by atoms with Crippen LogP contribution in [0, 0.1) is 0 Å². The van der Waals surface area contributed by atoms with E-state index >= 15 is 0 Å². The van der Waals surface area contributed by atoms with E-state index in [1.54, 1.807) is 13.2 Å². The van der Waals surface area contributed by atoms with Crippen LogP contribution in [-0.2, 0) is 0 Å². The molecule has 0 saturated heterocycles. The average Bonchev–Trinajstić information content (AvgIpc) is 3.10. The molecule has 2 aromatic rings. The number of halogens is 2. The van der Waals surface area contributed by atoms with Gasteiger partial charge in [-0.2, -0.15) is 0 Å². The van der Waals surface area contributed by atoms with Gasteiger partial charge in [-0.15, -0.1) is 0 Å². The SMILES string of the molecule is CCCC1NC(c2ccc(OC)cc2OCCF)=NC1c1ccc(Cl)cc1. The summed E-state index contributed by atoms with van der Waals surface area (Å²) < 4.78 is 23.5. The maximum absolute atomic E-state index is 12.6. The van der Waals surface area contributed by atoms with E-state index in [0.717, 1.165) is 29.8 Å². The second-order valence-corrected chi connectivity index (χ2v) is 6.85. The third kappa shape index (κ3) is 4.53. The highest BCUT2D eigenvalue weighted by Gasteiger charge is 2.31. The van der Waals surface area contributed by atoms with E-state index in [1.165, 1.54) is 0 Å². The Morgan fingerprint density at radius 3 is 2.63 bits per heavy atom. The van der Waals surface area contributed by atoms with E-state index in [-0.39, 0.29) is 18.7 Å². The van der Waals surface area contributed by atoms with Crippen molar-refractivity contribution in [2.45, 2.75) is 31.8 Å². The molecule has 3 rings (SSSR count).